The lowest BCUT2D eigenvalue weighted by atomic mass is 10.2. The normalized spacial score (nSPS) is 10.7. The zero-order valence-corrected chi connectivity index (χ0v) is 13.2. The van der Waals surface area contributed by atoms with Gasteiger partial charge in [-0.25, -0.2) is 9.78 Å². The average molecular weight is 331 g/mol. The number of carboxylic acids is 1. The van der Waals surface area contributed by atoms with Crippen molar-refractivity contribution in [1.82, 2.24) is 25.2 Å². The van der Waals surface area contributed by atoms with E-state index in [0.29, 0.717) is 22.3 Å². The first-order valence-electron chi connectivity index (χ1n) is 6.72. The van der Waals surface area contributed by atoms with E-state index >= 15 is 0 Å². The van der Waals surface area contributed by atoms with Gasteiger partial charge in [0, 0.05) is 10.4 Å². The number of carbonyl (C=O) groups is 1. The van der Waals surface area contributed by atoms with Crippen molar-refractivity contribution in [2.75, 3.05) is 6.61 Å². The Labute approximate surface area is 135 Å². The van der Waals surface area contributed by atoms with Crippen LogP contribution in [0.15, 0.2) is 24.3 Å². The maximum absolute atomic E-state index is 10.5. The van der Waals surface area contributed by atoms with Gasteiger partial charge in [-0.2, -0.15) is 0 Å². The number of rotatable bonds is 5. The van der Waals surface area contributed by atoms with Crippen LogP contribution in [0.3, 0.4) is 0 Å². The van der Waals surface area contributed by atoms with E-state index in [-0.39, 0.29) is 0 Å². The van der Waals surface area contributed by atoms with Crippen molar-refractivity contribution in [3.63, 3.8) is 0 Å². The highest BCUT2D eigenvalue weighted by Crippen LogP contribution is 2.22. The van der Waals surface area contributed by atoms with Gasteiger partial charge in [0.2, 0.25) is 11.0 Å². The van der Waals surface area contributed by atoms with Crippen LogP contribution in [0.5, 0.6) is 5.75 Å². The molecule has 8 nitrogen and oxygen atoms in total. The minimum Gasteiger partial charge on any atom is -0.482 e. The molecule has 1 N–H and O–H groups in total. The molecular weight excluding hydrogens is 318 g/mol. The van der Waals surface area contributed by atoms with Crippen molar-refractivity contribution in [3.05, 3.63) is 34.8 Å². The molecule has 0 aliphatic carbocycles. The van der Waals surface area contributed by atoms with Crippen molar-refractivity contribution < 1.29 is 14.6 Å². The molecule has 0 radical (unpaired) electrons. The molecule has 0 unspecified atom stereocenters. The smallest absolute Gasteiger partial charge is 0.341 e. The fraction of sp³-hybridized carbons (Fsp3) is 0.214. The lowest BCUT2D eigenvalue weighted by Crippen LogP contribution is -2.09. The Morgan fingerprint density at radius 1 is 1.39 bits per heavy atom. The predicted octanol–water partition coefficient (Wildman–Crippen LogP) is 1.87. The highest BCUT2D eigenvalue weighted by molar-refractivity contribution is 7.14. The second kappa shape index (κ2) is 6.13. The van der Waals surface area contributed by atoms with E-state index in [0.717, 1.165) is 10.6 Å². The van der Waals surface area contributed by atoms with Crippen molar-refractivity contribution in [3.8, 4) is 22.3 Å². The summed E-state index contributed by atoms with van der Waals surface area (Å²) in [6.07, 6.45) is 0. The van der Waals surface area contributed by atoms with E-state index in [2.05, 4.69) is 20.4 Å². The van der Waals surface area contributed by atoms with Crippen LogP contribution in [0, 0.1) is 13.8 Å². The van der Waals surface area contributed by atoms with Gasteiger partial charge in [0.1, 0.15) is 5.75 Å². The van der Waals surface area contributed by atoms with Gasteiger partial charge < -0.3 is 9.84 Å². The molecule has 0 bridgehead atoms. The molecule has 2 heterocycles. The number of aliphatic carboxylic acids is 1. The summed E-state index contributed by atoms with van der Waals surface area (Å²) in [5.41, 5.74) is 1.62. The summed E-state index contributed by atoms with van der Waals surface area (Å²) in [7, 11) is 0. The Morgan fingerprint density at radius 3 is 2.91 bits per heavy atom. The van der Waals surface area contributed by atoms with Gasteiger partial charge in [0.05, 0.1) is 5.69 Å². The monoisotopic (exact) mass is 331 g/mol. The van der Waals surface area contributed by atoms with Crippen molar-refractivity contribution in [1.29, 1.82) is 0 Å². The molecule has 0 saturated heterocycles. The van der Waals surface area contributed by atoms with Crippen LogP contribution in [-0.2, 0) is 4.79 Å². The summed E-state index contributed by atoms with van der Waals surface area (Å²) >= 11 is 1.49. The molecule has 0 aliphatic rings. The van der Waals surface area contributed by atoms with Gasteiger partial charge in [0.25, 0.3) is 0 Å². The Hall–Kier alpha value is -2.81. The molecule has 1 aromatic carbocycles. The third kappa shape index (κ3) is 3.34. The summed E-state index contributed by atoms with van der Waals surface area (Å²) in [5.74, 6) is -0.188. The van der Waals surface area contributed by atoms with Gasteiger partial charge in [0.15, 0.2) is 6.61 Å². The summed E-state index contributed by atoms with van der Waals surface area (Å²) in [4.78, 5) is 17.4. The number of thiazole rings is 1. The lowest BCUT2D eigenvalue weighted by molar-refractivity contribution is -0.139. The first kappa shape index (κ1) is 15.1. The minimum atomic E-state index is -1.03. The highest BCUT2D eigenvalue weighted by Gasteiger charge is 2.12. The van der Waals surface area contributed by atoms with Crippen LogP contribution in [0.2, 0.25) is 0 Å². The zero-order valence-electron chi connectivity index (χ0n) is 12.4. The van der Waals surface area contributed by atoms with Crippen molar-refractivity contribution >= 4 is 17.3 Å². The molecule has 0 saturated carbocycles. The SMILES string of the molecule is Cc1nc(-n2nnc(-c3cccc(OCC(=O)O)c3)n2)sc1C. The van der Waals surface area contributed by atoms with Gasteiger partial charge in [-0.1, -0.05) is 23.5 Å². The number of aryl methyl sites for hydroxylation is 2. The van der Waals surface area contributed by atoms with Crippen LogP contribution in [0.1, 0.15) is 10.6 Å². The second-order valence-electron chi connectivity index (χ2n) is 4.75. The number of nitrogens with zero attached hydrogens (tertiary/aromatic N) is 5. The van der Waals surface area contributed by atoms with Crippen LogP contribution in [0.4, 0.5) is 0 Å². The second-order valence-corrected chi connectivity index (χ2v) is 5.93. The van der Waals surface area contributed by atoms with E-state index in [1.54, 1.807) is 24.3 Å². The minimum absolute atomic E-state index is 0.402. The largest absolute Gasteiger partial charge is 0.482 e. The maximum Gasteiger partial charge on any atom is 0.341 e. The van der Waals surface area contributed by atoms with E-state index in [1.165, 1.54) is 16.1 Å². The van der Waals surface area contributed by atoms with Crippen LogP contribution in [-0.4, -0.2) is 42.9 Å². The first-order chi connectivity index (χ1) is 11.0. The first-order valence-corrected chi connectivity index (χ1v) is 7.54. The molecule has 0 atom stereocenters. The number of hydrogen-bond donors (Lipinski definition) is 1. The number of carboxylic acid groups (broad SMARTS) is 1. The molecule has 23 heavy (non-hydrogen) atoms. The molecule has 0 fully saturated rings. The topological polar surface area (TPSA) is 103 Å². The van der Waals surface area contributed by atoms with E-state index in [9.17, 15) is 4.79 Å². The Bertz CT molecular complexity index is 838. The Balaban J connectivity index is 1.85. The molecule has 3 aromatic rings. The molecule has 2 aromatic heterocycles. The lowest BCUT2D eigenvalue weighted by Gasteiger charge is -2.03. The summed E-state index contributed by atoms with van der Waals surface area (Å²) < 4.78 is 5.15. The van der Waals surface area contributed by atoms with Crippen molar-refractivity contribution in [2.45, 2.75) is 13.8 Å². The maximum atomic E-state index is 10.5. The molecule has 0 amide bonds. The van der Waals surface area contributed by atoms with Crippen LogP contribution < -0.4 is 4.74 Å². The third-order valence-electron chi connectivity index (χ3n) is 3.06. The number of tetrazole rings is 1. The van der Waals surface area contributed by atoms with Gasteiger partial charge in [-0.05, 0) is 31.2 Å². The third-order valence-corrected chi connectivity index (χ3v) is 4.10. The van der Waals surface area contributed by atoms with E-state index in [4.69, 9.17) is 9.84 Å². The molecule has 9 heteroatoms. The average Bonchev–Trinajstić information content (AvgIpc) is 3.13. The summed E-state index contributed by atoms with van der Waals surface area (Å²) in [5, 5.41) is 21.6. The number of benzene rings is 1. The van der Waals surface area contributed by atoms with E-state index < -0.39 is 12.6 Å². The van der Waals surface area contributed by atoms with Crippen LogP contribution >= 0.6 is 11.3 Å². The fourth-order valence-corrected chi connectivity index (χ4v) is 2.63. The molecule has 3 rings (SSSR count). The van der Waals surface area contributed by atoms with Crippen molar-refractivity contribution in [2.24, 2.45) is 0 Å². The van der Waals surface area contributed by atoms with Gasteiger partial charge >= 0.3 is 5.97 Å². The van der Waals surface area contributed by atoms with Crippen LogP contribution in [0.25, 0.3) is 16.5 Å². The van der Waals surface area contributed by atoms with E-state index in [1.807, 2.05) is 13.8 Å². The molecular formula is C14H13N5O3S. The number of aromatic nitrogens is 5. The molecule has 118 valence electrons. The number of ether oxygens (including phenoxy) is 1. The fourth-order valence-electron chi connectivity index (χ4n) is 1.82. The highest BCUT2D eigenvalue weighted by atomic mass is 32.1. The standard InChI is InChI=1S/C14H13N5O3S/c1-8-9(2)23-14(15-8)19-17-13(16-18-19)10-4-3-5-11(6-10)22-7-12(20)21/h3-6H,7H2,1-2H3,(H,20,21). The Kier molecular flexibility index (Phi) is 4.02. The quantitative estimate of drug-likeness (QED) is 0.761. The molecule has 0 aliphatic heterocycles. The zero-order chi connectivity index (χ0) is 16.4. The van der Waals surface area contributed by atoms with Gasteiger partial charge in [-0.15, -0.1) is 15.0 Å². The number of hydrogen-bond acceptors (Lipinski definition) is 7. The summed E-state index contributed by atoms with van der Waals surface area (Å²) in [6.45, 7) is 3.51. The molecule has 0 spiro atoms. The summed E-state index contributed by atoms with van der Waals surface area (Å²) in [6, 6.07) is 6.88. The predicted molar refractivity (Wildman–Crippen MR) is 82.9 cm³/mol. The Morgan fingerprint density at radius 2 is 2.22 bits per heavy atom. The van der Waals surface area contributed by atoms with Gasteiger partial charge in [-0.3, -0.25) is 0 Å².